The molecule has 0 aliphatic rings. The first-order valence-corrected chi connectivity index (χ1v) is 5.78. The van der Waals surface area contributed by atoms with Crippen molar-refractivity contribution in [1.82, 2.24) is 5.48 Å². The number of methoxy groups -OCH3 is 2. The van der Waals surface area contributed by atoms with Crippen molar-refractivity contribution in [2.45, 2.75) is 12.8 Å². The number of ether oxygens (including phenoxy) is 2. The van der Waals surface area contributed by atoms with Crippen molar-refractivity contribution in [3.63, 3.8) is 0 Å². The molecule has 0 fully saturated rings. The maximum Gasteiger partial charge on any atom is 0.243 e. The Balaban J connectivity index is 2.20. The molecule has 18 heavy (non-hydrogen) atoms. The van der Waals surface area contributed by atoms with Crippen LogP contribution in [0.1, 0.15) is 12.0 Å². The minimum atomic E-state index is -0.137. The zero-order valence-electron chi connectivity index (χ0n) is 10.8. The van der Waals surface area contributed by atoms with Gasteiger partial charge in [-0.15, -0.1) is 0 Å². The number of carbonyl (C=O) groups excluding carboxylic acids is 1. The summed E-state index contributed by atoms with van der Waals surface area (Å²) in [5.41, 5.74) is 3.45. The molecule has 5 nitrogen and oxygen atoms in total. The van der Waals surface area contributed by atoms with E-state index in [4.69, 9.17) is 14.3 Å². The van der Waals surface area contributed by atoms with Crippen molar-refractivity contribution in [1.29, 1.82) is 0 Å². The lowest BCUT2D eigenvalue weighted by molar-refractivity contribution is -0.134. The highest BCUT2D eigenvalue weighted by molar-refractivity contribution is 5.75. The number of nitrogens with one attached hydrogen (secondary N) is 1. The van der Waals surface area contributed by atoms with Crippen molar-refractivity contribution < 1.29 is 19.1 Å². The Morgan fingerprint density at radius 2 is 1.89 bits per heavy atom. The molecule has 0 atom stereocenters. The molecule has 100 valence electrons. The number of aryl methyl sites for hydroxylation is 1. The Kier molecular flexibility index (Phi) is 6.83. The zero-order valence-corrected chi connectivity index (χ0v) is 10.8. The number of benzene rings is 1. The molecule has 0 heterocycles. The van der Waals surface area contributed by atoms with Gasteiger partial charge in [0.05, 0.1) is 20.3 Å². The first-order chi connectivity index (χ1) is 8.76. The van der Waals surface area contributed by atoms with Crippen LogP contribution in [-0.2, 0) is 20.8 Å². The van der Waals surface area contributed by atoms with Crippen molar-refractivity contribution in [2.24, 2.45) is 0 Å². The van der Waals surface area contributed by atoms with Crippen LogP contribution in [0.15, 0.2) is 24.3 Å². The van der Waals surface area contributed by atoms with E-state index in [-0.39, 0.29) is 5.91 Å². The minimum Gasteiger partial charge on any atom is -0.497 e. The highest BCUT2D eigenvalue weighted by Crippen LogP contribution is 2.12. The average molecular weight is 253 g/mol. The van der Waals surface area contributed by atoms with E-state index in [1.807, 2.05) is 24.3 Å². The molecule has 1 rings (SSSR count). The van der Waals surface area contributed by atoms with Crippen molar-refractivity contribution in [3.8, 4) is 5.75 Å². The van der Waals surface area contributed by atoms with E-state index in [0.29, 0.717) is 26.1 Å². The smallest absolute Gasteiger partial charge is 0.243 e. The highest BCUT2D eigenvalue weighted by atomic mass is 16.7. The van der Waals surface area contributed by atoms with Crippen LogP contribution in [0.3, 0.4) is 0 Å². The zero-order chi connectivity index (χ0) is 13.2. The molecule has 0 saturated carbocycles. The second-order valence-electron chi connectivity index (χ2n) is 3.71. The van der Waals surface area contributed by atoms with Gasteiger partial charge in [-0.05, 0) is 24.1 Å². The normalized spacial score (nSPS) is 10.1. The number of rotatable bonds is 8. The second kappa shape index (κ2) is 8.49. The molecule has 1 aromatic carbocycles. The van der Waals surface area contributed by atoms with E-state index in [1.165, 1.54) is 0 Å². The fraction of sp³-hybridized carbons (Fsp3) is 0.462. The summed E-state index contributed by atoms with van der Waals surface area (Å²) in [5.74, 6) is 0.674. The van der Waals surface area contributed by atoms with Crippen LogP contribution in [0, 0.1) is 0 Å². The molecule has 1 N–H and O–H groups in total. The Bertz CT molecular complexity index is 351. The first kappa shape index (κ1) is 14.5. The fourth-order valence-electron chi connectivity index (χ4n) is 1.36. The molecule has 0 aromatic heterocycles. The summed E-state index contributed by atoms with van der Waals surface area (Å²) in [4.78, 5) is 16.3. The van der Waals surface area contributed by atoms with Gasteiger partial charge in [0.15, 0.2) is 0 Å². The second-order valence-corrected chi connectivity index (χ2v) is 3.71. The summed E-state index contributed by atoms with van der Waals surface area (Å²) < 4.78 is 9.85. The Morgan fingerprint density at radius 3 is 2.50 bits per heavy atom. The Labute approximate surface area is 107 Å². The Morgan fingerprint density at radius 1 is 1.17 bits per heavy atom. The standard InChI is InChI=1S/C13H19NO4/c1-16-9-10-18-14-13(15)8-5-11-3-6-12(17-2)7-4-11/h3-4,6-7H,5,8-10H2,1-2H3,(H,14,15). The lowest BCUT2D eigenvalue weighted by Gasteiger charge is -2.06. The van der Waals surface area contributed by atoms with E-state index in [1.54, 1.807) is 14.2 Å². The molecular formula is C13H19NO4. The van der Waals surface area contributed by atoms with Crippen molar-refractivity contribution in [3.05, 3.63) is 29.8 Å². The third kappa shape index (κ3) is 5.65. The largest absolute Gasteiger partial charge is 0.497 e. The predicted octanol–water partition coefficient (Wildman–Crippen LogP) is 1.32. The van der Waals surface area contributed by atoms with Gasteiger partial charge < -0.3 is 9.47 Å². The summed E-state index contributed by atoms with van der Waals surface area (Å²) in [7, 11) is 3.20. The molecule has 0 bridgehead atoms. The molecule has 0 saturated heterocycles. The fourth-order valence-corrected chi connectivity index (χ4v) is 1.36. The quantitative estimate of drug-likeness (QED) is 0.561. The monoisotopic (exact) mass is 253 g/mol. The van der Waals surface area contributed by atoms with Gasteiger partial charge in [-0.2, -0.15) is 0 Å². The number of carbonyl (C=O) groups is 1. The number of hydroxylamine groups is 1. The molecule has 0 aliphatic carbocycles. The van der Waals surface area contributed by atoms with Gasteiger partial charge in [0.25, 0.3) is 0 Å². The SMILES string of the molecule is COCCONC(=O)CCc1ccc(OC)cc1. The van der Waals surface area contributed by atoms with E-state index in [9.17, 15) is 4.79 Å². The van der Waals surface area contributed by atoms with E-state index >= 15 is 0 Å². The summed E-state index contributed by atoms with van der Waals surface area (Å²) in [5, 5.41) is 0. The van der Waals surface area contributed by atoms with Crippen LogP contribution < -0.4 is 10.2 Å². The predicted molar refractivity (Wildman–Crippen MR) is 67.3 cm³/mol. The highest BCUT2D eigenvalue weighted by Gasteiger charge is 2.02. The molecule has 1 amide bonds. The minimum absolute atomic E-state index is 0.137. The van der Waals surface area contributed by atoms with E-state index in [2.05, 4.69) is 5.48 Å². The van der Waals surface area contributed by atoms with Crippen LogP contribution in [0.2, 0.25) is 0 Å². The van der Waals surface area contributed by atoms with Crippen molar-refractivity contribution >= 4 is 5.91 Å². The molecule has 1 aromatic rings. The van der Waals surface area contributed by atoms with Gasteiger partial charge in [-0.3, -0.25) is 9.63 Å². The van der Waals surface area contributed by atoms with Crippen LogP contribution in [0.4, 0.5) is 0 Å². The molecule has 0 spiro atoms. The summed E-state index contributed by atoms with van der Waals surface area (Å²) in [6.45, 7) is 0.809. The van der Waals surface area contributed by atoms with Gasteiger partial charge in [-0.1, -0.05) is 12.1 Å². The van der Waals surface area contributed by atoms with Crippen LogP contribution in [0.25, 0.3) is 0 Å². The third-order valence-corrected chi connectivity index (χ3v) is 2.38. The first-order valence-electron chi connectivity index (χ1n) is 5.78. The maximum absolute atomic E-state index is 11.4. The van der Waals surface area contributed by atoms with Gasteiger partial charge in [0, 0.05) is 13.5 Å². The molecule has 0 aliphatic heterocycles. The number of hydrogen-bond donors (Lipinski definition) is 1. The van der Waals surface area contributed by atoms with Gasteiger partial charge >= 0.3 is 0 Å². The molecule has 0 radical (unpaired) electrons. The molecular weight excluding hydrogens is 234 g/mol. The average Bonchev–Trinajstić information content (AvgIpc) is 2.42. The van der Waals surface area contributed by atoms with Gasteiger partial charge in [-0.25, -0.2) is 5.48 Å². The van der Waals surface area contributed by atoms with Crippen LogP contribution in [0.5, 0.6) is 5.75 Å². The van der Waals surface area contributed by atoms with Gasteiger partial charge in [0.2, 0.25) is 5.91 Å². The lowest BCUT2D eigenvalue weighted by atomic mass is 10.1. The summed E-state index contributed by atoms with van der Waals surface area (Å²) in [6, 6.07) is 7.64. The summed E-state index contributed by atoms with van der Waals surface area (Å²) >= 11 is 0. The van der Waals surface area contributed by atoms with E-state index < -0.39 is 0 Å². The Hall–Kier alpha value is -1.59. The lowest BCUT2D eigenvalue weighted by Crippen LogP contribution is -2.25. The van der Waals surface area contributed by atoms with Gasteiger partial charge in [0.1, 0.15) is 5.75 Å². The maximum atomic E-state index is 11.4. The topological polar surface area (TPSA) is 56.8 Å². The van der Waals surface area contributed by atoms with Crippen LogP contribution in [-0.4, -0.2) is 33.3 Å². The molecule has 5 heteroatoms. The van der Waals surface area contributed by atoms with Crippen LogP contribution >= 0.6 is 0 Å². The third-order valence-electron chi connectivity index (χ3n) is 2.38. The number of hydrogen-bond acceptors (Lipinski definition) is 4. The molecule has 0 unspecified atom stereocenters. The summed E-state index contributed by atoms with van der Waals surface area (Å²) in [6.07, 6.45) is 1.06. The number of amides is 1. The van der Waals surface area contributed by atoms with E-state index in [0.717, 1.165) is 11.3 Å². The van der Waals surface area contributed by atoms with Crippen molar-refractivity contribution in [2.75, 3.05) is 27.4 Å².